The van der Waals surface area contributed by atoms with Crippen LogP contribution in [-0.4, -0.2) is 28.3 Å². The van der Waals surface area contributed by atoms with Crippen molar-refractivity contribution in [1.82, 2.24) is 5.32 Å². The van der Waals surface area contributed by atoms with Crippen molar-refractivity contribution in [3.8, 4) is 0 Å². The van der Waals surface area contributed by atoms with Gasteiger partial charge in [-0.15, -0.1) is 0 Å². The second-order valence-electron chi connectivity index (χ2n) is 3.39. The lowest BCUT2D eigenvalue weighted by atomic mass is 10.2. The van der Waals surface area contributed by atoms with Crippen molar-refractivity contribution in [3.05, 3.63) is 35.9 Å². The largest absolute Gasteiger partial charge is 0.390 e. The van der Waals surface area contributed by atoms with Gasteiger partial charge in [0.05, 0.1) is 6.10 Å². The molecule has 0 fully saturated rings. The molecule has 3 N–H and O–H groups in total. The summed E-state index contributed by atoms with van der Waals surface area (Å²) in [6.07, 6.45) is -2.42. The molecule has 1 aromatic carbocycles. The van der Waals surface area contributed by atoms with Crippen molar-refractivity contribution >= 4 is 5.91 Å². The molecular weight excluding hydrogens is 194 g/mol. The van der Waals surface area contributed by atoms with E-state index in [1.54, 1.807) is 0 Å². The molecule has 0 unspecified atom stereocenters. The SMILES string of the molecule is C[C@@H](O)[C@H](O)C(=O)NCc1ccccc1. The summed E-state index contributed by atoms with van der Waals surface area (Å²) in [6.45, 7) is 1.72. The molecule has 1 aromatic rings. The van der Waals surface area contributed by atoms with Crippen molar-refractivity contribution < 1.29 is 15.0 Å². The van der Waals surface area contributed by atoms with Crippen LogP contribution in [0.2, 0.25) is 0 Å². The minimum atomic E-state index is -1.37. The quantitative estimate of drug-likeness (QED) is 0.656. The Morgan fingerprint density at radius 3 is 2.47 bits per heavy atom. The number of hydrogen-bond acceptors (Lipinski definition) is 3. The van der Waals surface area contributed by atoms with Gasteiger partial charge in [-0.25, -0.2) is 0 Å². The van der Waals surface area contributed by atoms with Gasteiger partial charge in [-0.3, -0.25) is 4.79 Å². The Kier molecular flexibility index (Phi) is 4.27. The first-order valence-corrected chi connectivity index (χ1v) is 4.79. The molecular formula is C11H15NO3. The Bertz CT molecular complexity index is 311. The summed E-state index contributed by atoms with van der Waals surface area (Å²) in [5.41, 5.74) is 0.948. The number of hydrogen-bond donors (Lipinski definition) is 3. The highest BCUT2D eigenvalue weighted by molar-refractivity contribution is 5.80. The molecule has 0 aliphatic carbocycles. The molecule has 4 heteroatoms. The number of nitrogens with one attached hydrogen (secondary N) is 1. The number of amides is 1. The fraction of sp³-hybridized carbons (Fsp3) is 0.364. The van der Waals surface area contributed by atoms with E-state index >= 15 is 0 Å². The Morgan fingerprint density at radius 1 is 1.33 bits per heavy atom. The van der Waals surface area contributed by atoms with Crippen molar-refractivity contribution in [2.24, 2.45) is 0 Å². The van der Waals surface area contributed by atoms with Crippen LogP contribution in [-0.2, 0) is 11.3 Å². The number of aliphatic hydroxyl groups is 2. The van der Waals surface area contributed by atoms with Gasteiger partial charge in [0.2, 0.25) is 0 Å². The van der Waals surface area contributed by atoms with Crippen molar-refractivity contribution in [3.63, 3.8) is 0 Å². The predicted molar refractivity (Wildman–Crippen MR) is 56.0 cm³/mol. The van der Waals surface area contributed by atoms with E-state index in [0.717, 1.165) is 5.56 Å². The molecule has 0 aliphatic heterocycles. The summed E-state index contributed by atoms with van der Waals surface area (Å²) in [4.78, 5) is 11.2. The maximum Gasteiger partial charge on any atom is 0.251 e. The molecule has 1 rings (SSSR count). The lowest BCUT2D eigenvalue weighted by Crippen LogP contribution is -2.40. The lowest BCUT2D eigenvalue weighted by molar-refractivity contribution is -0.134. The van der Waals surface area contributed by atoms with E-state index in [4.69, 9.17) is 5.11 Å². The number of rotatable bonds is 4. The van der Waals surface area contributed by atoms with Gasteiger partial charge in [0.15, 0.2) is 6.10 Å². The first-order valence-electron chi connectivity index (χ1n) is 4.79. The summed E-state index contributed by atoms with van der Waals surface area (Å²) >= 11 is 0. The van der Waals surface area contributed by atoms with Gasteiger partial charge in [0.1, 0.15) is 0 Å². The highest BCUT2D eigenvalue weighted by Crippen LogP contribution is 1.98. The minimum absolute atomic E-state index is 0.351. The van der Waals surface area contributed by atoms with Gasteiger partial charge in [-0.05, 0) is 12.5 Å². The molecule has 0 heterocycles. The maximum atomic E-state index is 11.2. The second-order valence-corrected chi connectivity index (χ2v) is 3.39. The molecule has 4 nitrogen and oxygen atoms in total. The van der Waals surface area contributed by atoms with Crippen LogP contribution in [0.5, 0.6) is 0 Å². The summed E-state index contributed by atoms with van der Waals surface area (Å²) in [6, 6.07) is 9.36. The standard InChI is InChI=1S/C11H15NO3/c1-8(13)10(14)11(15)12-7-9-5-3-2-4-6-9/h2-6,8,10,13-14H,7H2,1H3,(H,12,15)/t8-,10+/m1/s1. The first kappa shape index (κ1) is 11.7. The second kappa shape index (κ2) is 5.48. The van der Waals surface area contributed by atoms with E-state index in [0.29, 0.717) is 6.54 Å². The van der Waals surface area contributed by atoms with E-state index in [1.807, 2.05) is 30.3 Å². The maximum absolute atomic E-state index is 11.2. The number of carbonyl (C=O) groups is 1. The summed E-state index contributed by atoms with van der Waals surface area (Å²) in [5, 5.41) is 20.7. The van der Waals surface area contributed by atoms with Crippen LogP contribution in [0.4, 0.5) is 0 Å². The zero-order valence-corrected chi connectivity index (χ0v) is 8.55. The minimum Gasteiger partial charge on any atom is -0.390 e. The zero-order chi connectivity index (χ0) is 11.3. The lowest BCUT2D eigenvalue weighted by Gasteiger charge is -2.13. The fourth-order valence-electron chi connectivity index (χ4n) is 1.11. The van der Waals surface area contributed by atoms with Crippen LogP contribution >= 0.6 is 0 Å². The molecule has 0 bridgehead atoms. The molecule has 0 saturated heterocycles. The van der Waals surface area contributed by atoms with Crippen LogP contribution in [0.3, 0.4) is 0 Å². The predicted octanol–water partition coefficient (Wildman–Crippen LogP) is 0.0445. The van der Waals surface area contributed by atoms with Crippen molar-refractivity contribution in [2.75, 3.05) is 0 Å². The Hall–Kier alpha value is -1.39. The smallest absolute Gasteiger partial charge is 0.251 e. The van der Waals surface area contributed by atoms with Crippen molar-refractivity contribution in [2.45, 2.75) is 25.7 Å². The van der Waals surface area contributed by atoms with Gasteiger partial charge >= 0.3 is 0 Å². The van der Waals surface area contributed by atoms with E-state index in [-0.39, 0.29) is 0 Å². The fourth-order valence-corrected chi connectivity index (χ4v) is 1.11. The van der Waals surface area contributed by atoms with Gasteiger partial charge in [-0.2, -0.15) is 0 Å². The van der Waals surface area contributed by atoms with E-state index in [9.17, 15) is 9.90 Å². The molecule has 2 atom stereocenters. The molecule has 0 aliphatic rings. The number of aliphatic hydroxyl groups excluding tert-OH is 2. The van der Waals surface area contributed by atoms with Gasteiger partial charge in [-0.1, -0.05) is 30.3 Å². The topological polar surface area (TPSA) is 69.6 Å². The zero-order valence-electron chi connectivity index (χ0n) is 8.55. The highest BCUT2D eigenvalue weighted by Gasteiger charge is 2.19. The van der Waals surface area contributed by atoms with Crippen molar-refractivity contribution in [1.29, 1.82) is 0 Å². The van der Waals surface area contributed by atoms with Gasteiger partial charge in [0, 0.05) is 6.54 Å². The van der Waals surface area contributed by atoms with Gasteiger partial charge in [0.25, 0.3) is 5.91 Å². The Morgan fingerprint density at radius 2 is 1.93 bits per heavy atom. The first-order chi connectivity index (χ1) is 7.11. The van der Waals surface area contributed by atoms with Crippen LogP contribution < -0.4 is 5.32 Å². The van der Waals surface area contributed by atoms with E-state index in [2.05, 4.69) is 5.32 Å². The van der Waals surface area contributed by atoms with E-state index < -0.39 is 18.1 Å². The molecule has 0 saturated carbocycles. The van der Waals surface area contributed by atoms with Crippen LogP contribution in [0, 0.1) is 0 Å². The van der Waals surface area contributed by atoms with Crippen LogP contribution in [0.1, 0.15) is 12.5 Å². The number of benzene rings is 1. The van der Waals surface area contributed by atoms with Gasteiger partial charge < -0.3 is 15.5 Å². The normalized spacial score (nSPS) is 14.3. The Balaban J connectivity index is 2.41. The monoisotopic (exact) mass is 209 g/mol. The Labute approximate surface area is 88.6 Å². The molecule has 0 spiro atoms. The average Bonchev–Trinajstić information content (AvgIpc) is 2.26. The molecule has 0 aromatic heterocycles. The summed E-state index contributed by atoms with van der Waals surface area (Å²) < 4.78 is 0. The third-order valence-corrected chi connectivity index (χ3v) is 2.04. The summed E-state index contributed by atoms with van der Waals surface area (Å²) in [7, 11) is 0. The van der Waals surface area contributed by atoms with Crippen LogP contribution in [0.25, 0.3) is 0 Å². The molecule has 82 valence electrons. The van der Waals surface area contributed by atoms with E-state index in [1.165, 1.54) is 6.92 Å². The number of carbonyl (C=O) groups excluding carboxylic acids is 1. The summed E-state index contributed by atoms with van der Waals surface area (Å²) in [5.74, 6) is -0.561. The average molecular weight is 209 g/mol. The molecule has 0 radical (unpaired) electrons. The third-order valence-electron chi connectivity index (χ3n) is 2.04. The third kappa shape index (κ3) is 3.69. The van der Waals surface area contributed by atoms with Crippen LogP contribution in [0.15, 0.2) is 30.3 Å². The molecule has 15 heavy (non-hydrogen) atoms. The highest BCUT2D eigenvalue weighted by atomic mass is 16.3. The molecule has 1 amide bonds.